The van der Waals surface area contributed by atoms with Gasteiger partial charge in [0.15, 0.2) is 0 Å². The lowest BCUT2D eigenvalue weighted by atomic mass is 9.93. The fourth-order valence-corrected chi connectivity index (χ4v) is 3.02. The van der Waals surface area contributed by atoms with Gasteiger partial charge in [-0.1, -0.05) is 0 Å². The molecule has 2 rings (SSSR count). The molecule has 2 heterocycles. The molecule has 0 bridgehead atoms. The van der Waals surface area contributed by atoms with Crippen molar-refractivity contribution in [1.82, 2.24) is 10.2 Å². The van der Waals surface area contributed by atoms with Crippen LogP contribution in [0.25, 0.3) is 0 Å². The lowest BCUT2D eigenvalue weighted by molar-refractivity contribution is 0.157. The van der Waals surface area contributed by atoms with Crippen LogP contribution in [-0.2, 0) is 4.74 Å². The molecule has 0 aromatic heterocycles. The molecule has 2 aliphatic heterocycles. The van der Waals surface area contributed by atoms with Crippen LogP contribution in [0, 0.1) is 11.8 Å². The minimum absolute atomic E-state index is 0. The summed E-state index contributed by atoms with van der Waals surface area (Å²) < 4.78 is 5.43. The normalized spacial score (nSPS) is 26.2. The summed E-state index contributed by atoms with van der Waals surface area (Å²) in [5, 5.41) is 3.26. The van der Waals surface area contributed by atoms with Crippen LogP contribution in [0.3, 0.4) is 0 Å². The average Bonchev–Trinajstić information content (AvgIpc) is 2.88. The molecule has 0 aromatic rings. The first kappa shape index (κ1) is 16.2. The highest BCUT2D eigenvalue weighted by atomic mass is 35.5. The Labute approximate surface area is 118 Å². The van der Waals surface area contributed by atoms with Gasteiger partial charge < -0.3 is 15.0 Å². The fraction of sp³-hybridized carbons (Fsp3) is 1.00. The summed E-state index contributed by atoms with van der Waals surface area (Å²) >= 11 is 0. The number of hydrogen-bond acceptors (Lipinski definition) is 3. The molecular weight excluding hydrogens is 248 g/mol. The first-order chi connectivity index (χ1) is 8.38. The third kappa shape index (κ3) is 5.43. The first-order valence-corrected chi connectivity index (χ1v) is 7.33. The largest absolute Gasteiger partial charge is 0.381 e. The average molecular weight is 277 g/mol. The Morgan fingerprint density at radius 2 is 1.89 bits per heavy atom. The number of hydrogen-bond donors (Lipinski definition) is 1. The summed E-state index contributed by atoms with van der Waals surface area (Å²) in [6, 6.07) is 0. The molecule has 0 aliphatic carbocycles. The van der Waals surface area contributed by atoms with E-state index >= 15 is 0 Å². The molecule has 4 heteroatoms. The van der Waals surface area contributed by atoms with Gasteiger partial charge in [-0.2, -0.15) is 0 Å². The van der Waals surface area contributed by atoms with Crippen LogP contribution in [0.1, 0.15) is 32.1 Å². The van der Waals surface area contributed by atoms with Crippen LogP contribution in [0.4, 0.5) is 0 Å². The van der Waals surface area contributed by atoms with E-state index in [1.165, 1.54) is 58.3 Å². The van der Waals surface area contributed by atoms with Crippen molar-refractivity contribution in [3.63, 3.8) is 0 Å². The third-order valence-electron chi connectivity index (χ3n) is 4.39. The second kappa shape index (κ2) is 9.13. The monoisotopic (exact) mass is 276 g/mol. The Bertz CT molecular complexity index is 202. The van der Waals surface area contributed by atoms with E-state index in [1.807, 2.05) is 0 Å². The molecule has 0 spiro atoms. The number of ether oxygens (including phenoxy) is 1. The van der Waals surface area contributed by atoms with Crippen molar-refractivity contribution in [2.24, 2.45) is 11.8 Å². The van der Waals surface area contributed by atoms with Crippen LogP contribution < -0.4 is 5.32 Å². The maximum atomic E-state index is 5.43. The molecule has 0 saturated carbocycles. The zero-order valence-electron chi connectivity index (χ0n) is 11.7. The van der Waals surface area contributed by atoms with Gasteiger partial charge in [0.2, 0.25) is 0 Å². The molecule has 0 aromatic carbocycles. The molecule has 1 unspecified atom stereocenters. The number of rotatable bonds is 6. The Hall–Kier alpha value is 0.170. The van der Waals surface area contributed by atoms with Crippen molar-refractivity contribution in [3.05, 3.63) is 0 Å². The van der Waals surface area contributed by atoms with E-state index in [4.69, 9.17) is 4.74 Å². The molecule has 18 heavy (non-hydrogen) atoms. The molecule has 1 N–H and O–H groups in total. The van der Waals surface area contributed by atoms with Crippen LogP contribution in [-0.4, -0.2) is 51.3 Å². The molecule has 2 saturated heterocycles. The predicted molar refractivity (Wildman–Crippen MR) is 78.5 cm³/mol. The molecule has 1 atom stereocenters. The maximum Gasteiger partial charge on any atom is 0.0495 e. The van der Waals surface area contributed by atoms with Crippen molar-refractivity contribution in [2.75, 3.05) is 46.4 Å². The summed E-state index contributed by atoms with van der Waals surface area (Å²) in [6.45, 7) is 7.14. The number of piperidine rings is 1. The highest BCUT2D eigenvalue weighted by Crippen LogP contribution is 2.22. The van der Waals surface area contributed by atoms with Gasteiger partial charge in [-0.15, -0.1) is 12.4 Å². The van der Waals surface area contributed by atoms with E-state index < -0.39 is 0 Å². The smallest absolute Gasteiger partial charge is 0.0495 e. The van der Waals surface area contributed by atoms with E-state index in [-0.39, 0.29) is 12.4 Å². The van der Waals surface area contributed by atoms with Gasteiger partial charge >= 0.3 is 0 Å². The SMILES string of the molecule is CNCCC1CCN(CCC2CCOC2)CC1.Cl. The first-order valence-electron chi connectivity index (χ1n) is 7.33. The Morgan fingerprint density at radius 3 is 2.50 bits per heavy atom. The summed E-state index contributed by atoms with van der Waals surface area (Å²) in [5.74, 6) is 1.81. The van der Waals surface area contributed by atoms with E-state index in [1.54, 1.807) is 0 Å². The minimum Gasteiger partial charge on any atom is -0.381 e. The Balaban J connectivity index is 0.00000162. The zero-order valence-corrected chi connectivity index (χ0v) is 12.5. The van der Waals surface area contributed by atoms with Gasteiger partial charge in [0.05, 0.1) is 0 Å². The zero-order chi connectivity index (χ0) is 11.9. The molecule has 108 valence electrons. The van der Waals surface area contributed by atoms with Crippen LogP contribution in [0.5, 0.6) is 0 Å². The highest BCUT2D eigenvalue weighted by molar-refractivity contribution is 5.85. The second-order valence-electron chi connectivity index (χ2n) is 5.70. The topological polar surface area (TPSA) is 24.5 Å². The number of halogens is 1. The lowest BCUT2D eigenvalue weighted by Gasteiger charge is -2.32. The molecule has 2 aliphatic rings. The number of likely N-dealkylation sites (tertiary alicyclic amines) is 1. The molecule has 0 radical (unpaired) electrons. The predicted octanol–water partition coefficient (Wildman–Crippen LogP) is 2.16. The van der Waals surface area contributed by atoms with Crippen LogP contribution >= 0.6 is 12.4 Å². The number of nitrogens with one attached hydrogen (secondary N) is 1. The van der Waals surface area contributed by atoms with Crippen molar-refractivity contribution in [1.29, 1.82) is 0 Å². The van der Waals surface area contributed by atoms with Gasteiger partial charge in [-0.25, -0.2) is 0 Å². The lowest BCUT2D eigenvalue weighted by Crippen LogP contribution is -2.35. The van der Waals surface area contributed by atoms with Crippen molar-refractivity contribution < 1.29 is 4.74 Å². The summed E-state index contributed by atoms with van der Waals surface area (Å²) in [5.41, 5.74) is 0. The molecule has 0 amide bonds. The summed E-state index contributed by atoms with van der Waals surface area (Å²) in [4.78, 5) is 2.66. The van der Waals surface area contributed by atoms with Gasteiger partial charge in [0.25, 0.3) is 0 Å². The van der Waals surface area contributed by atoms with E-state index in [0.29, 0.717) is 0 Å². The van der Waals surface area contributed by atoms with Crippen molar-refractivity contribution in [2.45, 2.75) is 32.1 Å². The van der Waals surface area contributed by atoms with E-state index in [0.717, 1.165) is 25.0 Å². The quantitative estimate of drug-likeness (QED) is 0.805. The fourth-order valence-electron chi connectivity index (χ4n) is 3.02. The summed E-state index contributed by atoms with van der Waals surface area (Å²) in [6.07, 6.45) is 6.81. The summed E-state index contributed by atoms with van der Waals surface area (Å²) in [7, 11) is 2.05. The molecule has 2 fully saturated rings. The van der Waals surface area contributed by atoms with Crippen LogP contribution in [0.15, 0.2) is 0 Å². The van der Waals surface area contributed by atoms with Crippen LogP contribution in [0.2, 0.25) is 0 Å². The van der Waals surface area contributed by atoms with Gasteiger partial charge in [0, 0.05) is 13.2 Å². The van der Waals surface area contributed by atoms with Gasteiger partial charge in [0.1, 0.15) is 0 Å². The maximum absolute atomic E-state index is 5.43. The minimum atomic E-state index is 0. The van der Waals surface area contributed by atoms with Crippen molar-refractivity contribution in [3.8, 4) is 0 Å². The highest BCUT2D eigenvalue weighted by Gasteiger charge is 2.21. The van der Waals surface area contributed by atoms with Gasteiger partial charge in [-0.05, 0) is 77.2 Å². The van der Waals surface area contributed by atoms with Crippen molar-refractivity contribution >= 4 is 12.4 Å². The second-order valence-corrected chi connectivity index (χ2v) is 5.70. The van der Waals surface area contributed by atoms with E-state index in [9.17, 15) is 0 Å². The standard InChI is InChI=1S/C14H28N2O.ClH/c1-15-7-2-13-3-8-16(9-4-13)10-5-14-6-11-17-12-14;/h13-15H,2-12H2,1H3;1H. The number of nitrogens with zero attached hydrogens (tertiary/aromatic N) is 1. The Morgan fingerprint density at radius 1 is 1.11 bits per heavy atom. The Kier molecular flexibility index (Phi) is 8.23. The third-order valence-corrected chi connectivity index (χ3v) is 4.39. The molecule has 3 nitrogen and oxygen atoms in total. The molecular formula is C14H29ClN2O. The van der Waals surface area contributed by atoms with Gasteiger partial charge in [-0.3, -0.25) is 0 Å². The van der Waals surface area contributed by atoms with E-state index in [2.05, 4.69) is 17.3 Å².